The number of allylic oxidation sites excluding steroid dienone is 3. The van der Waals surface area contributed by atoms with E-state index in [0.29, 0.717) is 19.3 Å². The smallest absolute Gasteiger partial charge is 0.249 e. The molecule has 1 aliphatic heterocycles. The summed E-state index contributed by atoms with van der Waals surface area (Å²) < 4.78 is 11.1. The summed E-state index contributed by atoms with van der Waals surface area (Å²) in [7, 11) is 0. The zero-order chi connectivity index (χ0) is 39.1. The van der Waals surface area contributed by atoms with Crippen LogP contribution in [0.5, 0.6) is 0 Å². The highest BCUT2D eigenvalue weighted by atomic mass is 16.7. The maximum atomic E-state index is 13.0. The molecular formula is C43H81NO9. The third-order valence-electron chi connectivity index (χ3n) is 10.5. The SMILES string of the molecule is CCCCCCCCC/C=C(\C)CC/C=C/[C@@H](O)[C@H](CO[C@@H]1O[C@H](CO)[C@H](O)[C@H](O)[C@H]1O)NC(=O)[C@H](O)CCCCCCCCCCCCCCCC. The van der Waals surface area contributed by atoms with Crippen LogP contribution in [0.4, 0.5) is 0 Å². The van der Waals surface area contributed by atoms with Crippen LogP contribution in [-0.2, 0) is 14.3 Å². The molecule has 1 aliphatic rings. The topological polar surface area (TPSA) is 169 Å². The van der Waals surface area contributed by atoms with Gasteiger partial charge in [-0.15, -0.1) is 0 Å². The number of unbranched alkanes of at least 4 members (excludes halogenated alkanes) is 20. The van der Waals surface area contributed by atoms with Crippen molar-refractivity contribution >= 4 is 5.91 Å². The molecule has 1 heterocycles. The molecule has 1 fully saturated rings. The third kappa shape index (κ3) is 24.0. The Morgan fingerprint density at radius 3 is 1.75 bits per heavy atom. The van der Waals surface area contributed by atoms with Crippen molar-refractivity contribution < 1.29 is 44.9 Å². The van der Waals surface area contributed by atoms with Gasteiger partial charge in [-0.2, -0.15) is 0 Å². The zero-order valence-corrected chi connectivity index (χ0v) is 33.9. The van der Waals surface area contributed by atoms with E-state index in [4.69, 9.17) is 9.47 Å². The van der Waals surface area contributed by atoms with Gasteiger partial charge in [0.25, 0.3) is 0 Å². The van der Waals surface area contributed by atoms with Gasteiger partial charge >= 0.3 is 0 Å². The summed E-state index contributed by atoms with van der Waals surface area (Å²) in [6.45, 7) is 5.67. The molecule has 8 atom stereocenters. The Balaban J connectivity index is 2.55. The van der Waals surface area contributed by atoms with Crippen LogP contribution in [-0.4, -0.2) is 98.7 Å². The van der Waals surface area contributed by atoms with Crippen molar-refractivity contribution in [3.63, 3.8) is 0 Å². The molecule has 0 aliphatic carbocycles. The van der Waals surface area contributed by atoms with Crippen molar-refractivity contribution in [3.05, 3.63) is 23.8 Å². The Kier molecular flexibility index (Phi) is 30.8. The Morgan fingerprint density at radius 1 is 0.717 bits per heavy atom. The number of amides is 1. The number of ether oxygens (including phenoxy) is 2. The van der Waals surface area contributed by atoms with Gasteiger partial charge in [-0.05, 0) is 39.0 Å². The van der Waals surface area contributed by atoms with Crippen molar-refractivity contribution in [1.82, 2.24) is 5.32 Å². The normalized spacial score (nSPS) is 22.7. The molecule has 0 aromatic rings. The summed E-state index contributed by atoms with van der Waals surface area (Å²) in [5.74, 6) is -0.626. The van der Waals surface area contributed by atoms with E-state index in [-0.39, 0.29) is 6.61 Å². The quantitative estimate of drug-likeness (QED) is 0.0263. The second-order valence-corrected chi connectivity index (χ2v) is 15.5. The third-order valence-corrected chi connectivity index (χ3v) is 10.5. The van der Waals surface area contributed by atoms with E-state index >= 15 is 0 Å². The second kappa shape index (κ2) is 32.8. The Labute approximate surface area is 322 Å². The van der Waals surface area contributed by atoms with Crippen molar-refractivity contribution in [2.75, 3.05) is 13.2 Å². The standard InChI is InChI=1S/C43H81NO9/c1-4-6-8-10-12-14-15-16-17-18-19-21-23-25-31-37(47)42(51)44-35(33-52-43-41(50)40(49)39(48)38(32-45)53-43)36(46)30-27-26-29-34(3)28-24-22-20-13-11-9-7-5-2/h27-28,30,35-41,43,45-50H,4-26,29,31-33H2,1-3H3,(H,44,51)/b30-27+,34-28+/t35-,36+,37+,38+,39-,40-,41+,43+/m0/s1. The number of hydrogen-bond acceptors (Lipinski definition) is 9. The summed E-state index contributed by atoms with van der Waals surface area (Å²) >= 11 is 0. The summed E-state index contributed by atoms with van der Waals surface area (Å²) in [6, 6.07) is -0.994. The van der Waals surface area contributed by atoms with Crippen molar-refractivity contribution in [1.29, 1.82) is 0 Å². The molecule has 7 N–H and O–H groups in total. The van der Waals surface area contributed by atoms with Crippen molar-refractivity contribution in [3.8, 4) is 0 Å². The van der Waals surface area contributed by atoms with Gasteiger partial charge in [0.1, 0.15) is 30.5 Å². The van der Waals surface area contributed by atoms with Gasteiger partial charge in [0, 0.05) is 0 Å². The molecule has 0 radical (unpaired) electrons. The van der Waals surface area contributed by atoms with Crippen molar-refractivity contribution in [2.45, 2.75) is 230 Å². The first-order valence-electron chi connectivity index (χ1n) is 21.6. The van der Waals surface area contributed by atoms with Gasteiger partial charge in [-0.25, -0.2) is 0 Å². The maximum Gasteiger partial charge on any atom is 0.249 e. The molecule has 53 heavy (non-hydrogen) atoms. The number of carbonyl (C=O) groups excluding carboxylic acids is 1. The van der Waals surface area contributed by atoms with Crippen molar-refractivity contribution in [2.24, 2.45) is 0 Å². The van der Waals surface area contributed by atoms with Crippen LogP contribution in [0.3, 0.4) is 0 Å². The van der Waals surface area contributed by atoms with Gasteiger partial charge in [-0.3, -0.25) is 4.79 Å². The van der Waals surface area contributed by atoms with E-state index in [1.165, 1.54) is 115 Å². The molecule has 0 aromatic heterocycles. The lowest BCUT2D eigenvalue weighted by molar-refractivity contribution is -0.302. The van der Waals surface area contributed by atoms with Gasteiger partial charge < -0.3 is 45.4 Å². The average molecular weight is 756 g/mol. The fourth-order valence-electron chi connectivity index (χ4n) is 6.80. The number of aliphatic hydroxyl groups is 6. The Morgan fingerprint density at radius 2 is 1.23 bits per heavy atom. The number of hydrogen-bond donors (Lipinski definition) is 7. The van der Waals surface area contributed by atoms with Crippen LogP contribution in [0.15, 0.2) is 23.8 Å². The fourth-order valence-corrected chi connectivity index (χ4v) is 6.80. The zero-order valence-electron chi connectivity index (χ0n) is 33.9. The largest absolute Gasteiger partial charge is 0.394 e. The highest BCUT2D eigenvalue weighted by molar-refractivity contribution is 5.80. The van der Waals surface area contributed by atoms with Crippen LogP contribution >= 0.6 is 0 Å². The summed E-state index contributed by atoms with van der Waals surface area (Å²) in [5, 5.41) is 64.6. The summed E-state index contributed by atoms with van der Waals surface area (Å²) in [5.41, 5.74) is 1.29. The van der Waals surface area contributed by atoms with Gasteiger partial charge in [0.2, 0.25) is 5.91 Å². The Bertz CT molecular complexity index is 929. The molecular weight excluding hydrogens is 674 g/mol. The van der Waals surface area contributed by atoms with E-state index in [2.05, 4.69) is 32.2 Å². The molecule has 0 aromatic carbocycles. The van der Waals surface area contributed by atoms with E-state index in [1.54, 1.807) is 6.08 Å². The Hall–Kier alpha value is -1.37. The molecule has 10 nitrogen and oxygen atoms in total. The monoisotopic (exact) mass is 756 g/mol. The minimum absolute atomic E-state index is 0.306. The second-order valence-electron chi connectivity index (χ2n) is 15.5. The van der Waals surface area contributed by atoms with E-state index in [0.717, 1.165) is 32.1 Å². The molecule has 1 rings (SSSR count). The minimum Gasteiger partial charge on any atom is -0.394 e. The van der Waals surface area contributed by atoms with E-state index in [9.17, 15) is 35.4 Å². The molecule has 0 spiro atoms. The average Bonchev–Trinajstić information content (AvgIpc) is 3.15. The van der Waals surface area contributed by atoms with E-state index in [1.807, 2.05) is 6.08 Å². The van der Waals surface area contributed by atoms with Gasteiger partial charge in [0.05, 0.1) is 25.4 Å². The molecule has 10 heteroatoms. The lowest BCUT2D eigenvalue weighted by Gasteiger charge is -2.40. The molecule has 1 amide bonds. The van der Waals surface area contributed by atoms with Crippen LogP contribution < -0.4 is 5.32 Å². The van der Waals surface area contributed by atoms with Crippen LogP contribution in [0, 0.1) is 0 Å². The molecule has 0 unspecified atom stereocenters. The number of carbonyl (C=O) groups is 1. The number of rotatable bonds is 34. The summed E-state index contributed by atoms with van der Waals surface area (Å²) in [4.78, 5) is 13.0. The fraction of sp³-hybridized carbons (Fsp3) is 0.884. The first-order valence-corrected chi connectivity index (χ1v) is 21.6. The predicted molar refractivity (Wildman–Crippen MR) is 213 cm³/mol. The molecule has 1 saturated heterocycles. The maximum absolute atomic E-state index is 13.0. The number of aliphatic hydroxyl groups excluding tert-OH is 6. The van der Waals surface area contributed by atoms with Crippen LogP contribution in [0.1, 0.15) is 181 Å². The molecule has 312 valence electrons. The lowest BCUT2D eigenvalue weighted by atomic mass is 9.99. The highest BCUT2D eigenvalue weighted by Gasteiger charge is 2.44. The number of nitrogens with one attached hydrogen (secondary N) is 1. The van der Waals surface area contributed by atoms with E-state index < -0.39 is 61.5 Å². The first-order chi connectivity index (χ1) is 25.7. The molecule has 0 bridgehead atoms. The highest BCUT2D eigenvalue weighted by Crippen LogP contribution is 2.23. The molecule has 0 saturated carbocycles. The van der Waals surface area contributed by atoms with Crippen LogP contribution in [0.2, 0.25) is 0 Å². The van der Waals surface area contributed by atoms with Gasteiger partial charge in [-0.1, -0.05) is 166 Å². The van der Waals surface area contributed by atoms with Gasteiger partial charge in [0.15, 0.2) is 6.29 Å². The predicted octanol–water partition coefficient (Wildman–Crippen LogP) is 7.30. The van der Waals surface area contributed by atoms with Crippen LogP contribution in [0.25, 0.3) is 0 Å². The minimum atomic E-state index is -1.61. The lowest BCUT2D eigenvalue weighted by Crippen LogP contribution is -2.60. The summed E-state index contributed by atoms with van der Waals surface area (Å²) in [6.07, 6.45) is 24.9. The first kappa shape index (κ1) is 49.6.